The highest BCUT2D eigenvalue weighted by atomic mass is 32.2. The van der Waals surface area contributed by atoms with E-state index in [1.54, 1.807) is 19.2 Å². The molecule has 0 bridgehead atoms. The molecule has 0 aromatic heterocycles. The first-order valence-electron chi connectivity index (χ1n) is 9.12. The summed E-state index contributed by atoms with van der Waals surface area (Å²) in [6, 6.07) is 6.34. The van der Waals surface area contributed by atoms with E-state index in [0.29, 0.717) is 32.0 Å². The molecule has 2 rings (SSSR count). The lowest BCUT2D eigenvalue weighted by molar-refractivity contribution is -0.0440. The summed E-state index contributed by atoms with van der Waals surface area (Å²) in [7, 11) is -1.72. The summed E-state index contributed by atoms with van der Waals surface area (Å²) in [6.07, 6.45) is 0.512. The van der Waals surface area contributed by atoms with Gasteiger partial charge >= 0.3 is 0 Å². The van der Waals surface area contributed by atoms with Crippen molar-refractivity contribution in [2.75, 3.05) is 39.0 Å². The van der Waals surface area contributed by atoms with E-state index in [1.165, 1.54) is 16.4 Å². The lowest BCUT2D eigenvalue weighted by Gasteiger charge is -2.34. The van der Waals surface area contributed by atoms with Crippen LogP contribution in [0.1, 0.15) is 19.4 Å². The fourth-order valence-electron chi connectivity index (χ4n) is 2.98. The monoisotopic (exact) mass is 400 g/mol. The molecular formula is C18H29FN4O3S. The number of benzene rings is 1. The Kier molecular flexibility index (Phi) is 8.00. The Morgan fingerprint density at radius 3 is 2.37 bits per heavy atom. The summed E-state index contributed by atoms with van der Waals surface area (Å²) in [4.78, 5) is 4.10. The van der Waals surface area contributed by atoms with Crippen molar-refractivity contribution < 1.29 is 17.5 Å². The number of hydrogen-bond acceptors (Lipinski definition) is 4. The first-order chi connectivity index (χ1) is 12.8. The lowest BCUT2D eigenvalue weighted by atomic mass is 10.1. The molecule has 2 unspecified atom stereocenters. The number of ether oxygens (including phenoxy) is 1. The third-order valence-electron chi connectivity index (χ3n) is 4.27. The predicted octanol–water partition coefficient (Wildman–Crippen LogP) is 0.972. The first-order valence-corrected chi connectivity index (χ1v) is 10.7. The molecule has 0 amide bonds. The van der Waals surface area contributed by atoms with Crippen LogP contribution in [0.5, 0.6) is 0 Å². The molecule has 0 saturated carbocycles. The van der Waals surface area contributed by atoms with Crippen LogP contribution in [0.2, 0.25) is 0 Å². The fraction of sp³-hybridized carbons (Fsp3) is 0.611. The summed E-state index contributed by atoms with van der Waals surface area (Å²) in [5, 5.41) is 6.15. The molecule has 27 heavy (non-hydrogen) atoms. The van der Waals surface area contributed by atoms with Crippen molar-refractivity contribution in [1.29, 1.82) is 0 Å². The second kappa shape index (κ2) is 10.0. The highest BCUT2D eigenvalue weighted by Gasteiger charge is 2.30. The van der Waals surface area contributed by atoms with Crippen LogP contribution in [-0.4, -0.2) is 69.9 Å². The van der Waals surface area contributed by atoms with Crippen LogP contribution in [0.3, 0.4) is 0 Å². The van der Waals surface area contributed by atoms with Crippen LogP contribution in [0.4, 0.5) is 4.39 Å². The van der Waals surface area contributed by atoms with Gasteiger partial charge in [-0.2, -0.15) is 4.31 Å². The van der Waals surface area contributed by atoms with Gasteiger partial charge in [-0.15, -0.1) is 0 Å². The average molecular weight is 401 g/mol. The van der Waals surface area contributed by atoms with Crippen LogP contribution in [0.25, 0.3) is 0 Å². The topological polar surface area (TPSA) is 83.0 Å². The highest BCUT2D eigenvalue weighted by Crippen LogP contribution is 2.14. The molecule has 1 aliphatic rings. The quantitative estimate of drug-likeness (QED) is 0.527. The largest absolute Gasteiger partial charge is 0.373 e. The number of nitrogens with zero attached hydrogens (tertiary/aromatic N) is 2. The number of halogens is 1. The van der Waals surface area contributed by atoms with E-state index in [2.05, 4.69) is 15.6 Å². The average Bonchev–Trinajstić information content (AvgIpc) is 2.61. The van der Waals surface area contributed by atoms with Gasteiger partial charge in [0.1, 0.15) is 5.82 Å². The van der Waals surface area contributed by atoms with Gasteiger partial charge in [0.25, 0.3) is 0 Å². The van der Waals surface area contributed by atoms with Crippen LogP contribution in [0, 0.1) is 5.82 Å². The minimum Gasteiger partial charge on any atom is -0.373 e. The van der Waals surface area contributed by atoms with Gasteiger partial charge in [0, 0.05) is 33.2 Å². The molecule has 1 fully saturated rings. The normalized spacial score (nSPS) is 21.9. The lowest BCUT2D eigenvalue weighted by Crippen LogP contribution is -2.50. The molecule has 7 nitrogen and oxygen atoms in total. The van der Waals surface area contributed by atoms with Gasteiger partial charge in [-0.25, -0.2) is 12.8 Å². The number of rotatable bonds is 7. The zero-order valence-corrected chi connectivity index (χ0v) is 16.9. The molecule has 2 N–H and O–H groups in total. The van der Waals surface area contributed by atoms with Crippen molar-refractivity contribution in [3.05, 3.63) is 35.6 Å². The maximum atomic E-state index is 12.9. The Hall–Kier alpha value is -1.71. The van der Waals surface area contributed by atoms with E-state index in [1.807, 2.05) is 13.8 Å². The molecule has 1 aromatic carbocycles. The molecule has 9 heteroatoms. The van der Waals surface area contributed by atoms with E-state index in [-0.39, 0.29) is 30.3 Å². The number of morpholine rings is 1. The Balaban J connectivity index is 1.74. The molecule has 1 aromatic rings. The number of nitrogens with one attached hydrogen (secondary N) is 2. The summed E-state index contributed by atoms with van der Waals surface area (Å²) >= 11 is 0. The van der Waals surface area contributed by atoms with E-state index < -0.39 is 10.0 Å². The van der Waals surface area contributed by atoms with E-state index in [9.17, 15) is 12.8 Å². The van der Waals surface area contributed by atoms with E-state index in [4.69, 9.17) is 4.74 Å². The van der Waals surface area contributed by atoms with Crippen molar-refractivity contribution in [2.24, 2.45) is 4.99 Å². The van der Waals surface area contributed by atoms with Crippen LogP contribution in [0.15, 0.2) is 29.3 Å². The molecule has 0 aliphatic carbocycles. The summed E-state index contributed by atoms with van der Waals surface area (Å²) in [5.74, 6) is 0.274. The van der Waals surface area contributed by atoms with Crippen LogP contribution in [-0.2, 0) is 21.2 Å². The Labute approximate surface area is 161 Å². The molecule has 2 atom stereocenters. The van der Waals surface area contributed by atoms with Crippen LogP contribution >= 0.6 is 0 Å². The number of sulfonamides is 1. The Bertz CT molecular complexity index is 715. The molecule has 1 saturated heterocycles. The first kappa shape index (κ1) is 21.6. The minimum absolute atomic E-state index is 0.00883. The van der Waals surface area contributed by atoms with Gasteiger partial charge in [0.2, 0.25) is 10.0 Å². The van der Waals surface area contributed by atoms with Crippen LogP contribution < -0.4 is 10.6 Å². The van der Waals surface area contributed by atoms with Crippen molar-refractivity contribution >= 4 is 16.0 Å². The smallest absolute Gasteiger partial charge is 0.216 e. The van der Waals surface area contributed by atoms with Gasteiger partial charge < -0.3 is 15.4 Å². The van der Waals surface area contributed by atoms with Gasteiger partial charge in [-0.05, 0) is 38.0 Å². The Morgan fingerprint density at radius 1 is 1.19 bits per heavy atom. The maximum absolute atomic E-state index is 12.9. The maximum Gasteiger partial charge on any atom is 0.216 e. The zero-order valence-electron chi connectivity index (χ0n) is 16.1. The SMILES string of the molecule is CN=C(NCCc1ccc(F)cc1)NCCS(=O)(=O)N1CC(C)OC(C)C1. The van der Waals surface area contributed by atoms with Crippen molar-refractivity contribution in [3.8, 4) is 0 Å². The summed E-state index contributed by atoms with van der Waals surface area (Å²) in [5.41, 5.74) is 1.01. The van der Waals surface area contributed by atoms with Gasteiger partial charge in [0.05, 0.1) is 18.0 Å². The van der Waals surface area contributed by atoms with Gasteiger partial charge in [-0.1, -0.05) is 12.1 Å². The third kappa shape index (κ3) is 7.08. The van der Waals surface area contributed by atoms with E-state index >= 15 is 0 Å². The summed E-state index contributed by atoms with van der Waals surface area (Å²) in [6.45, 7) is 5.40. The molecular weight excluding hydrogens is 371 g/mol. The van der Waals surface area contributed by atoms with Gasteiger partial charge in [0.15, 0.2) is 5.96 Å². The number of hydrogen-bond donors (Lipinski definition) is 2. The molecule has 1 heterocycles. The second-order valence-corrected chi connectivity index (χ2v) is 8.78. The minimum atomic E-state index is -3.35. The molecule has 0 radical (unpaired) electrons. The van der Waals surface area contributed by atoms with Gasteiger partial charge in [-0.3, -0.25) is 4.99 Å². The standard InChI is InChI=1S/C18H29FN4O3S/c1-14-12-23(13-15(2)26-14)27(24,25)11-10-22-18(20-3)21-9-8-16-4-6-17(19)7-5-16/h4-7,14-15H,8-13H2,1-3H3,(H2,20,21,22). The second-order valence-electron chi connectivity index (χ2n) is 6.69. The predicted molar refractivity (Wildman–Crippen MR) is 105 cm³/mol. The van der Waals surface area contributed by atoms with E-state index in [0.717, 1.165) is 5.56 Å². The Morgan fingerprint density at radius 2 is 1.78 bits per heavy atom. The molecule has 152 valence electrons. The number of aliphatic imine (C=N–C) groups is 1. The highest BCUT2D eigenvalue weighted by molar-refractivity contribution is 7.89. The van der Waals surface area contributed by atoms with Crippen molar-refractivity contribution in [2.45, 2.75) is 32.5 Å². The molecule has 1 aliphatic heterocycles. The fourth-order valence-corrected chi connectivity index (χ4v) is 4.47. The summed E-state index contributed by atoms with van der Waals surface area (Å²) < 4.78 is 45.0. The molecule has 0 spiro atoms. The van der Waals surface area contributed by atoms with Crippen molar-refractivity contribution in [1.82, 2.24) is 14.9 Å². The number of guanidine groups is 1. The van der Waals surface area contributed by atoms with Crippen molar-refractivity contribution in [3.63, 3.8) is 0 Å². The zero-order chi connectivity index (χ0) is 19.9. The third-order valence-corrected chi connectivity index (χ3v) is 6.08.